The number of hydrogen-bond acceptors (Lipinski definition) is 3. The average molecular weight is 308 g/mol. The van der Waals surface area contributed by atoms with Crippen LogP contribution in [0.3, 0.4) is 0 Å². The minimum atomic E-state index is 0.426. The molecule has 0 aliphatic rings. The van der Waals surface area contributed by atoms with Gasteiger partial charge in [-0.2, -0.15) is 0 Å². The first-order chi connectivity index (χ1) is 8.69. The van der Waals surface area contributed by atoms with Crippen LogP contribution in [0.5, 0.6) is 11.5 Å². The quantitative estimate of drug-likeness (QED) is 0.877. The Morgan fingerprint density at radius 2 is 1.83 bits per heavy atom. The molecule has 0 heterocycles. The predicted molar refractivity (Wildman–Crippen MR) is 75.9 cm³/mol. The Kier molecular flexibility index (Phi) is 4.10. The largest absolute Gasteiger partial charge is 0.496 e. The van der Waals surface area contributed by atoms with E-state index in [1.54, 1.807) is 7.11 Å². The molecule has 94 valence electrons. The molecule has 18 heavy (non-hydrogen) atoms. The molecule has 0 saturated heterocycles. The lowest BCUT2D eigenvalue weighted by Gasteiger charge is -2.11. The average Bonchev–Trinajstić information content (AvgIpc) is 2.38. The Morgan fingerprint density at radius 3 is 2.50 bits per heavy atom. The van der Waals surface area contributed by atoms with Crippen LogP contribution in [-0.4, -0.2) is 7.11 Å². The first-order valence-corrected chi connectivity index (χ1v) is 6.29. The van der Waals surface area contributed by atoms with Crippen molar-refractivity contribution < 1.29 is 9.47 Å². The fourth-order valence-electron chi connectivity index (χ4n) is 1.60. The zero-order valence-corrected chi connectivity index (χ0v) is 11.6. The molecular formula is C14H14BrNO2. The summed E-state index contributed by atoms with van der Waals surface area (Å²) in [5, 5.41) is 0. The first-order valence-electron chi connectivity index (χ1n) is 5.50. The molecule has 2 aromatic rings. The summed E-state index contributed by atoms with van der Waals surface area (Å²) < 4.78 is 12.0. The minimum absolute atomic E-state index is 0.426. The first kappa shape index (κ1) is 12.8. The summed E-state index contributed by atoms with van der Waals surface area (Å²) in [6, 6.07) is 13.2. The van der Waals surface area contributed by atoms with Gasteiger partial charge in [0.2, 0.25) is 0 Å². The third kappa shape index (κ3) is 3.17. The number of benzene rings is 2. The molecular weight excluding hydrogens is 294 g/mol. The standard InChI is InChI=1S/C14H14BrNO2/c1-17-14-7-4-12(16)8-10(14)9-18-13-5-2-11(15)3-6-13/h2-8H,9,16H2,1H3. The molecule has 3 nitrogen and oxygen atoms in total. The van der Waals surface area contributed by atoms with Crippen LogP contribution in [0.4, 0.5) is 5.69 Å². The van der Waals surface area contributed by atoms with E-state index in [1.165, 1.54) is 0 Å². The van der Waals surface area contributed by atoms with E-state index in [0.29, 0.717) is 12.3 Å². The van der Waals surface area contributed by atoms with E-state index in [4.69, 9.17) is 15.2 Å². The van der Waals surface area contributed by atoms with Gasteiger partial charge >= 0.3 is 0 Å². The molecule has 2 rings (SSSR count). The second kappa shape index (κ2) is 5.78. The number of hydrogen-bond donors (Lipinski definition) is 1. The van der Waals surface area contributed by atoms with Gasteiger partial charge in [0.15, 0.2) is 0 Å². The van der Waals surface area contributed by atoms with Crippen LogP contribution in [0.2, 0.25) is 0 Å². The highest BCUT2D eigenvalue weighted by Crippen LogP contribution is 2.23. The van der Waals surface area contributed by atoms with Gasteiger partial charge in [-0.15, -0.1) is 0 Å². The lowest BCUT2D eigenvalue weighted by atomic mass is 10.2. The summed E-state index contributed by atoms with van der Waals surface area (Å²) in [5.41, 5.74) is 7.38. The number of anilines is 1. The Labute approximate surface area is 115 Å². The predicted octanol–water partition coefficient (Wildman–Crippen LogP) is 3.62. The summed E-state index contributed by atoms with van der Waals surface area (Å²) in [5.74, 6) is 1.59. The summed E-state index contributed by atoms with van der Waals surface area (Å²) >= 11 is 3.38. The van der Waals surface area contributed by atoms with Gasteiger partial charge < -0.3 is 15.2 Å². The number of nitrogens with two attached hydrogens (primary N) is 1. The molecule has 0 unspecified atom stereocenters. The van der Waals surface area contributed by atoms with Crippen molar-refractivity contribution in [1.29, 1.82) is 0 Å². The van der Waals surface area contributed by atoms with Crippen molar-refractivity contribution in [1.82, 2.24) is 0 Å². The number of ether oxygens (including phenoxy) is 2. The molecule has 0 atom stereocenters. The van der Waals surface area contributed by atoms with E-state index in [2.05, 4.69) is 15.9 Å². The van der Waals surface area contributed by atoms with Crippen molar-refractivity contribution in [2.24, 2.45) is 0 Å². The normalized spacial score (nSPS) is 10.1. The molecule has 0 radical (unpaired) electrons. The lowest BCUT2D eigenvalue weighted by Crippen LogP contribution is -2.00. The molecule has 0 amide bonds. The smallest absolute Gasteiger partial charge is 0.125 e. The molecule has 0 aliphatic heterocycles. The van der Waals surface area contributed by atoms with Gasteiger partial charge in [-0.25, -0.2) is 0 Å². The van der Waals surface area contributed by atoms with Gasteiger partial charge in [-0.3, -0.25) is 0 Å². The number of rotatable bonds is 4. The molecule has 4 heteroatoms. The van der Waals surface area contributed by atoms with Crippen LogP contribution >= 0.6 is 15.9 Å². The molecule has 0 aliphatic carbocycles. The SMILES string of the molecule is COc1ccc(N)cc1COc1ccc(Br)cc1. The van der Waals surface area contributed by atoms with Crippen molar-refractivity contribution in [3.8, 4) is 11.5 Å². The zero-order chi connectivity index (χ0) is 13.0. The lowest BCUT2D eigenvalue weighted by molar-refractivity contribution is 0.296. The van der Waals surface area contributed by atoms with E-state index in [9.17, 15) is 0 Å². The third-order valence-corrected chi connectivity index (χ3v) is 3.04. The van der Waals surface area contributed by atoms with E-state index >= 15 is 0 Å². The van der Waals surface area contributed by atoms with Crippen LogP contribution < -0.4 is 15.2 Å². The Bertz CT molecular complexity index is 526. The number of halogens is 1. The van der Waals surface area contributed by atoms with Crippen molar-refractivity contribution in [3.05, 3.63) is 52.5 Å². The number of nitrogen functional groups attached to an aromatic ring is 1. The monoisotopic (exact) mass is 307 g/mol. The van der Waals surface area contributed by atoms with Crippen LogP contribution in [0.25, 0.3) is 0 Å². The maximum Gasteiger partial charge on any atom is 0.125 e. The summed E-state index contributed by atoms with van der Waals surface area (Å²) in [6.45, 7) is 0.426. The Balaban J connectivity index is 2.09. The summed E-state index contributed by atoms with van der Waals surface area (Å²) in [4.78, 5) is 0. The van der Waals surface area contributed by atoms with Crippen molar-refractivity contribution in [3.63, 3.8) is 0 Å². The molecule has 0 fully saturated rings. The molecule has 0 bridgehead atoms. The maximum atomic E-state index is 5.75. The van der Waals surface area contributed by atoms with Crippen LogP contribution in [-0.2, 0) is 6.61 Å². The van der Waals surface area contributed by atoms with Crippen molar-refractivity contribution in [2.75, 3.05) is 12.8 Å². The van der Waals surface area contributed by atoms with Crippen LogP contribution in [0.15, 0.2) is 46.9 Å². The molecule has 0 saturated carbocycles. The van der Waals surface area contributed by atoms with Gasteiger partial charge in [0.05, 0.1) is 7.11 Å². The second-order valence-corrected chi connectivity index (χ2v) is 4.73. The highest BCUT2D eigenvalue weighted by Gasteiger charge is 2.04. The summed E-state index contributed by atoms with van der Waals surface area (Å²) in [6.07, 6.45) is 0. The Hall–Kier alpha value is -1.68. The number of methoxy groups -OCH3 is 1. The Morgan fingerprint density at radius 1 is 1.11 bits per heavy atom. The van der Waals surface area contributed by atoms with E-state index in [-0.39, 0.29) is 0 Å². The highest BCUT2D eigenvalue weighted by molar-refractivity contribution is 9.10. The maximum absolute atomic E-state index is 5.75. The van der Waals surface area contributed by atoms with E-state index in [1.807, 2.05) is 42.5 Å². The van der Waals surface area contributed by atoms with Gasteiger partial charge in [0, 0.05) is 15.7 Å². The van der Waals surface area contributed by atoms with Gasteiger partial charge in [0.25, 0.3) is 0 Å². The van der Waals surface area contributed by atoms with Gasteiger partial charge in [0.1, 0.15) is 18.1 Å². The van der Waals surface area contributed by atoms with Crippen LogP contribution in [0, 0.1) is 0 Å². The van der Waals surface area contributed by atoms with Crippen LogP contribution in [0.1, 0.15) is 5.56 Å². The molecule has 0 aromatic heterocycles. The van der Waals surface area contributed by atoms with Crippen molar-refractivity contribution >= 4 is 21.6 Å². The highest BCUT2D eigenvalue weighted by atomic mass is 79.9. The van der Waals surface area contributed by atoms with Gasteiger partial charge in [-0.1, -0.05) is 15.9 Å². The second-order valence-electron chi connectivity index (χ2n) is 3.81. The summed E-state index contributed by atoms with van der Waals surface area (Å²) in [7, 11) is 1.63. The molecule has 2 N–H and O–H groups in total. The molecule has 2 aromatic carbocycles. The van der Waals surface area contributed by atoms with Crippen molar-refractivity contribution in [2.45, 2.75) is 6.61 Å². The third-order valence-electron chi connectivity index (χ3n) is 2.51. The van der Waals surface area contributed by atoms with E-state index in [0.717, 1.165) is 21.5 Å². The van der Waals surface area contributed by atoms with Gasteiger partial charge in [-0.05, 0) is 42.5 Å². The van der Waals surface area contributed by atoms with E-state index < -0.39 is 0 Å². The topological polar surface area (TPSA) is 44.5 Å². The fourth-order valence-corrected chi connectivity index (χ4v) is 1.87. The fraction of sp³-hybridized carbons (Fsp3) is 0.143. The minimum Gasteiger partial charge on any atom is -0.496 e. The molecule has 0 spiro atoms. The zero-order valence-electron chi connectivity index (χ0n) is 10.0.